The van der Waals surface area contributed by atoms with E-state index in [9.17, 15) is 4.79 Å². The molecule has 0 radical (unpaired) electrons. The van der Waals surface area contributed by atoms with Crippen LogP contribution < -0.4 is 11.1 Å². The number of ether oxygens (including phenoxy) is 1. The van der Waals surface area contributed by atoms with E-state index in [1.165, 1.54) is 24.3 Å². The third-order valence-electron chi connectivity index (χ3n) is 4.59. The van der Waals surface area contributed by atoms with Crippen molar-refractivity contribution in [1.29, 1.82) is 0 Å². The van der Waals surface area contributed by atoms with Crippen LogP contribution in [0.15, 0.2) is 0 Å². The van der Waals surface area contributed by atoms with E-state index in [0.29, 0.717) is 18.3 Å². The average molecular weight is 270 g/mol. The summed E-state index contributed by atoms with van der Waals surface area (Å²) in [5.74, 6) is 3.62. The Morgan fingerprint density at radius 1 is 1.33 bits per heavy atom. The minimum atomic E-state index is 0.0583. The van der Waals surface area contributed by atoms with Crippen LogP contribution in [0.2, 0.25) is 0 Å². The first-order chi connectivity index (χ1) is 8.75. The van der Waals surface area contributed by atoms with Gasteiger partial charge >= 0.3 is 0 Å². The molecular formula is C13H22N2O2S. The maximum absolute atomic E-state index is 12.0. The quantitative estimate of drug-likeness (QED) is 0.794. The smallest absolute Gasteiger partial charge is 0.220 e. The van der Waals surface area contributed by atoms with E-state index in [4.69, 9.17) is 10.5 Å². The van der Waals surface area contributed by atoms with Crippen LogP contribution in [0.4, 0.5) is 0 Å². The molecule has 0 aromatic heterocycles. The molecule has 4 atom stereocenters. The zero-order valence-corrected chi connectivity index (χ0v) is 11.5. The Balaban J connectivity index is 1.46. The fraction of sp³-hybridized carbons (Fsp3) is 0.923. The van der Waals surface area contributed by atoms with E-state index < -0.39 is 0 Å². The Hall–Kier alpha value is -0.260. The van der Waals surface area contributed by atoms with Gasteiger partial charge in [0.25, 0.3) is 0 Å². The molecule has 5 heteroatoms. The number of nitrogens with two attached hydrogens (primary N) is 1. The van der Waals surface area contributed by atoms with Gasteiger partial charge in [-0.1, -0.05) is 0 Å². The second kappa shape index (κ2) is 5.39. The van der Waals surface area contributed by atoms with Gasteiger partial charge < -0.3 is 15.8 Å². The van der Waals surface area contributed by atoms with Crippen LogP contribution in [-0.4, -0.2) is 42.2 Å². The molecule has 0 aromatic carbocycles. The van der Waals surface area contributed by atoms with Crippen molar-refractivity contribution in [3.63, 3.8) is 0 Å². The largest absolute Gasteiger partial charge is 0.376 e. The van der Waals surface area contributed by atoms with Crippen molar-refractivity contribution >= 4 is 17.7 Å². The lowest BCUT2D eigenvalue weighted by molar-refractivity contribution is -0.126. The van der Waals surface area contributed by atoms with Crippen molar-refractivity contribution in [2.45, 2.75) is 43.9 Å². The minimum Gasteiger partial charge on any atom is -0.376 e. The fourth-order valence-corrected chi connectivity index (χ4v) is 4.59. The highest BCUT2D eigenvalue weighted by Gasteiger charge is 2.52. The van der Waals surface area contributed by atoms with Gasteiger partial charge in [-0.15, -0.1) is 0 Å². The average Bonchev–Trinajstić information content (AvgIpc) is 2.82. The van der Waals surface area contributed by atoms with Crippen molar-refractivity contribution in [3.8, 4) is 0 Å². The summed E-state index contributed by atoms with van der Waals surface area (Å²) < 4.78 is 5.63. The zero-order valence-electron chi connectivity index (χ0n) is 10.6. The molecule has 2 aliphatic heterocycles. The van der Waals surface area contributed by atoms with E-state index in [0.717, 1.165) is 13.0 Å². The maximum Gasteiger partial charge on any atom is 0.220 e. The molecule has 4 nitrogen and oxygen atoms in total. The number of nitrogens with one attached hydrogen (secondary N) is 1. The Morgan fingerprint density at radius 3 is 2.89 bits per heavy atom. The summed E-state index contributed by atoms with van der Waals surface area (Å²) in [6.07, 6.45) is 4.26. The van der Waals surface area contributed by atoms with Gasteiger partial charge in [-0.25, -0.2) is 0 Å². The normalized spacial score (nSPS) is 40.1. The lowest BCUT2D eigenvalue weighted by Crippen LogP contribution is -2.69. The van der Waals surface area contributed by atoms with Crippen LogP contribution in [0.5, 0.6) is 0 Å². The highest BCUT2D eigenvalue weighted by atomic mass is 32.2. The molecule has 2 saturated heterocycles. The predicted molar refractivity (Wildman–Crippen MR) is 72.4 cm³/mol. The molecule has 3 fully saturated rings. The molecule has 102 valence electrons. The van der Waals surface area contributed by atoms with Crippen LogP contribution in [0, 0.1) is 11.8 Å². The van der Waals surface area contributed by atoms with Crippen molar-refractivity contribution in [3.05, 3.63) is 0 Å². The first-order valence-corrected chi connectivity index (χ1v) is 8.15. The Kier molecular flexibility index (Phi) is 3.82. The summed E-state index contributed by atoms with van der Waals surface area (Å²) in [6, 6.07) is 0.159. The Morgan fingerprint density at radius 2 is 2.11 bits per heavy atom. The predicted octanol–water partition coefficient (Wildman–Crippen LogP) is 0.750. The third-order valence-corrected chi connectivity index (χ3v) is 5.64. The fourth-order valence-electron chi connectivity index (χ4n) is 3.39. The lowest BCUT2D eigenvalue weighted by Gasteiger charge is -2.45. The molecule has 3 N–H and O–H groups in total. The van der Waals surface area contributed by atoms with E-state index in [1.807, 2.05) is 11.8 Å². The van der Waals surface area contributed by atoms with Crippen LogP contribution in [0.25, 0.3) is 0 Å². The second-order valence-corrected chi connectivity index (χ2v) is 6.94. The molecule has 1 saturated carbocycles. The van der Waals surface area contributed by atoms with Gasteiger partial charge in [0.15, 0.2) is 0 Å². The van der Waals surface area contributed by atoms with E-state index in [2.05, 4.69) is 5.32 Å². The summed E-state index contributed by atoms with van der Waals surface area (Å²) in [6.45, 7) is 0.801. The van der Waals surface area contributed by atoms with Crippen LogP contribution in [0.3, 0.4) is 0 Å². The second-order valence-electron chi connectivity index (χ2n) is 5.72. The van der Waals surface area contributed by atoms with E-state index >= 15 is 0 Å². The number of hydrogen-bond acceptors (Lipinski definition) is 4. The monoisotopic (exact) mass is 270 g/mol. The van der Waals surface area contributed by atoms with Gasteiger partial charge in [-0.2, -0.15) is 11.8 Å². The van der Waals surface area contributed by atoms with Gasteiger partial charge in [0.2, 0.25) is 5.91 Å². The van der Waals surface area contributed by atoms with Crippen LogP contribution in [0.1, 0.15) is 25.7 Å². The lowest BCUT2D eigenvalue weighted by atomic mass is 9.72. The summed E-state index contributed by atoms with van der Waals surface area (Å²) in [7, 11) is 0. The van der Waals surface area contributed by atoms with Crippen LogP contribution >= 0.6 is 11.8 Å². The molecule has 3 aliphatic rings. The van der Waals surface area contributed by atoms with Crippen LogP contribution in [-0.2, 0) is 9.53 Å². The SMILES string of the molecule is NC1C2CCOC2C1NC(=O)CC1CCSCC1. The molecular weight excluding hydrogens is 248 g/mol. The van der Waals surface area contributed by atoms with E-state index in [1.54, 1.807) is 0 Å². The van der Waals surface area contributed by atoms with Crippen molar-refractivity contribution in [2.75, 3.05) is 18.1 Å². The summed E-state index contributed by atoms with van der Waals surface area (Å²) >= 11 is 2.00. The molecule has 18 heavy (non-hydrogen) atoms. The number of hydrogen-bond donors (Lipinski definition) is 2. The number of rotatable bonds is 3. The molecule has 3 rings (SSSR count). The number of thioether (sulfide) groups is 1. The minimum absolute atomic E-state index is 0.0583. The third kappa shape index (κ3) is 2.40. The van der Waals surface area contributed by atoms with Crippen molar-refractivity contribution in [2.24, 2.45) is 17.6 Å². The van der Waals surface area contributed by atoms with Gasteiger partial charge in [0.1, 0.15) is 0 Å². The Labute approximate surface area is 112 Å². The highest BCUT2D eigenvalue weighted by Crippen LogP contribution is 2.37. The molecule has 0 spiro atoms. The molecule has 1 amide bonds. The van der Waals surface area contributed by atoms with E-state index in [-0.39, 0.29) is 24.1 Å². The number of carbonyl (C=O) groups excluding carboxylic acids is 1. The first-order valence-electron chi connectivity index (χ1n) is 7.00. The highest BCUT2D eigenvalue weighted by molar-refractivity contribution is 7.99. The van der Waals surface area contributed by atoms with Gasteiger partial charge in [-0.3, -0.25) is 4.79 Å². The standard InChI is InChI=1S/C13H22N2O2S/c14-11-9-1-4-17-13(9)12(11)15-10(16)7-8-2-5-18-6-3-8/h8-9,11-13H,1-7,14H2,(H,15,16). The summed E-state index contributed by atoms with van der Waals surface area (Å²) in [5, 5.41) is 3.09. The maximum atomic E-state index is 12.0. The summed E-state index contributed by atoms with van der Waals surface area (Å²) in [5.41, 5.74) is 6.09. The topological polar surface area (TPSA) is 64.3 Å². The van der Waals surface area contributed by atoms with Crippen molar-refractivity contribution < 1.29 is 9.53 Å². The van der Waals surface area contributed by atoms with Gasteiger partial charge in [0.05, 0.1) is 12.1 Å². The Bertz CT molecular complexity index is 320. The number of fused-ring (bicyclic) bond motifs is 1. The number of amides is 1. The zero-order chi connectivity index (χ0) is 12.5. The number of carbonyl (C=O) groups is 1. The molecule has 4 unspecified atom stereocenters. The molecule has 2 heterocycles. The molecule has 1 aliphatic carbocycles. The van der Waals surface area contributed by atoms with Gasteiger partial charge in [-0.05, 0) is 36.7 Å². The van der Waals surface area contributed by atoms with Gasteiger partial charge in [0, 0.05) is 25.0 Å². The molecule has 0 bridgehead atoms. The first kappa shape index (κ1) is 12.8. The summed E-state index contributed by atoms with van der Waals surface area (Å²) in [4.78, 5) is 12.0. The van der Waals surface area contributed by atoms with Crippen molar-refractivity contribution in [1.82, 2.24) is 5.32 Å². The molecule has 0 aromatic rings.